The van der Waals surface area contributed by atoms with Crippen molar-refractivity contribution >= 4 is 17.5 Å². The third-order valence-corrected chi connectivity index (χ3v) is 2.42. The number of carbonyl (C=O) groups excluding carboxylic acids is 1. The molecule has 0 atom stereocenters. The molecule has 3 aromatic rings. The van der Waals surface area contributed by atoms with Crippen molar-refractivity contribution in [2.24, 2.45) is 0 Å². The maximum absolute atomic E-state index is 10.6. The quantitative estimate of drug-likeness (QED) is 0.628. The van der Waals surface area contributed by atoms with Gasteiger partial charge in [0.25, 0.3) is 0 Å². The van der Waals surface area contributed by atoms with E-state index in [-0.39, 0.29) is 0 Å². The molecular weight excluding hydrogens is 216 g/mol. The minimum absolute atomic E-state index is 0.480. The highest BCUT2D eigenvalue weighted by atomic mass is 16.3. The lowest BCUT2D eigenvalue weighted by atomic mass is 10.2. The minimum Gasteiger partial charge on any atom is -0.434 e. The van der Waals surface area contributed by atoms with Crippen LogP contribution in [0.25, 0.3) is 22.7 Å². The number of hydrogen-bond acceptors (Lipinski definition) is 4. The molecule has 2 heterocycles. The van der Waals surface area contributed by atoms with E-state index in [0.717, 1.165) is 11.8 Å². The summed E-state index contributed by atoms with van der Waals surface area (Å²) >= 11 is 0. The van der Waals surface area contributed by atoms with Crippen LogP contribution in [0.3, 0.4) is 0 Å². The van der Waals surface area contributed by atoms with Crippen molar-refractivity contribution in [2.45, 2.75) is 0 Å². The monoisotopic (exact) mass is 224 g/mol. The van der Waals surface area contributed by atoms with Crippen molar-refractivity contribution in [2.75, 3.05) is 0 Å². The van der Waals surface area contributed by atoms with E-state index >= 15 is 0 Å². The summed E-state index contributed by atoms with van der Waals surface area (Å²) in [4.78, 5) is 19.0. The van der Waals surface area contributed by atoms with Gasteiger partial charge in [-0.05, 0) is 18.2 Å². The molecule has 4 heteroatoms. The number of rotatable bonds is 2. The Morgan fingerprint density at radius 2 is 2.00 bits per heavy atom. The smallest absolute Gasteiger partial charge is 0.228 e. The van der Waals surface area contributed by atoms with Crippen molar-refractivity contribution in [3.63, 3.8) is 0 Å². The van der Waals surface area contributed by atoms with Gasteiger partial charge >= 0.3 is 0 Å². The summed E-state index contributed by atoms with van der Waals surface area (Å²) in [7, 11) is 0. The fraction of sp³-hybridized carbons (Fsp3) is 0. The van der Waals surface area contributed by atoms with Gasteiger partial charge in [-0.15, -0.1) is 0 Å². The van der Waals surface area contributed by atoms with Crippen LogP contribution in [-0.4, -0.2) is 16.3 Å². The molecule has 0 bridgehead atoms. The first kappa shape index (κ1) is 9.72. The van der Waals surface area contributed by atoms with Crippen LogP contribution in [0.2, 0.25) is 0 Å². The van der Waals surface area contributed by atoms with E-state index in [1.165, 1.54) is 6.20 Å². The molecule has 0 N–H and O–H groups in total. The fourth-order valence-electron chi connectivity index (χ4n) is 1.60. The average Bonchev–Trinajstić information content (AvgIpc) is 2.82. The third-order valence-electron chi connectivity index (χ3n) is 2.42. The summed E-state index contributed by atoms with van der Waals surface area (Å²) in [5.41, 5.74) is 2.40. The van der Waals surface area contributed by atoms with Crippen molar-refractivity contribution in [3.8, 4) is 11.5 Å². The minimum atomic E-state index is 0.480. The van der Waals surface area contributed by atoms with Crippen LogP contribution in [0.1, 0.15) is 10.4 Å². The van der Waals surface area contributed by atoms with E-state index in [2.05, 4.69) is 9.97 Å². The number of aromatic nitrogens is 2. The Bertz CT molecular complexity index is 674. The van der Waals surface area contributed by atoms with E-state index < -0.39 is 0 Å². The van der Waals surface area contributed by atoms with Gasteiger partial charge < -0.3 is 4.42 Å². The molecule has 17 heavy (non-hydrogen) atoms. The van der Waals surface area contributed by atoms with Gasteiger partial charge in [-0.25, -0.2) is 4.98 Å². The Hall–Kier alpha value is -2.49. The van der Waals surface area contributed by atoms with Gasteiger partial charge in [-0.3, -0.25) is 4.79 Å². The number of fused-ring (bicyclic) bond motifs is 1. The molecule has 0 radical (unpaired) electrons. The van der Waals surface area contributed by atoms with Crippen molar-refractivity contribution in [1.82, 2.24) is 9.97 Å². The second-order valence-corrected chi connectivity index (χ2v) is 3.59. The molecule has 0 aliphatic rings. The summed E-state index contributed by atoms with van der Waals surface area (Å²) in [5, 5.41) is 0. The second-order valence-electron chi connectivity index (χ2n) is 3.59. The Balaban J connectivity index is 2.17. The van der Waals surface area contributed by atoms with Crippen LogP contribution in [0, 0.1) is 0 Å². The van der Waals surface area contributed by atoms with Gasteiger partial charge in [-0.1, -0.05) is 18.2 Å². The summed E-state index contributed by atoms with van der Waals surface area (Å²) in [5.74, 6) is 0.510. The molecular formula is C13H8N2O2. The van der Waals surface area contributed by atoms with E-state index in [9.17, 15) is 4.79 Å². The number of oxazole rings is 1. The lowest BCUT2D eigenvalue weighted by Crippen LogP contribution is -1.82. The Morgan fingerprint density at radius 1 is 1.18 bits per heavy atom. The van der Waals surface area contributed by atoms with Crippen LogP contribution >= 0.6 is 0 Å². The van der Waals surface area contributed by atoms with Gasteiger partial charge in [-0.2, -0.15) is 4.98 Å². The largest absolute Gasteiger partial charge is 0.434 e. The summed E-state index contributed by atoms with van der Waals surface area (Å²) in [6.07, 6.45) is 2.21. The third kappa shape index (κ3) is 1.69. The Morgan fingerprint density at radius 3 is 2.76 bits per heavy atom. The van der Waals surface area contributed by atoms with Crippen LogP contribution in [0.5, 0.6) is 0 Å². The second kappa shape index (κ2) is 3.83. The normalized spacial score (nSPS) is 10.6. The van der Waals surface area contributed by atoms with Gasteiger partial charge in [0.1, 0.15) is 0 Å². The van der Waals surface area contributed by atoms with Gasteiger partial charge in [0, 0.05) is 17.3 Å². The molecule has 0 aliphatic heterocycles. The molecule has 82 valence electrons. The highest BCUT2D eigenvalue weighted by Crippen LogP contribution is 2.22. The molecule has 1 aromatic carbocycles. The summed E-state index contributed by atoms with van der Waals surface area (Å²) < 4.78 is 5.56. The van der Waals surface area contributed by atoms with Crippen molar-refractivity contribution in [1.29, 1.82) is 0 Å². The van der Waals surface area contributed by atoms with Crippen molar-refractivity contribution < 1.29 is 9.21 Å². The number of aldehydes is 1. The standard InChI is InChI=1S/C13H8N2O2/c16-8-9-6-11-12(14-7-9)15-13(17-11)10-4-2-1-3-5-10/h1-8H. The average molecular weight is 224 g/mol. The van der Waals surface area contributed by atoms with Gasteiger partial charge in [0.15, 0.2) is 17.5 Å². The highest BCUT2D eigenvalue weighted by molar-refractivity contribution is 5.81. The topological polar surface area (TPSA) is 56.0 Å². The van der Waals surface area contributed by atoms with Crippen LogP contribution in [-0.2, 0) is 0 Å². The zero-order chi connectivity index (χ0) is 11.7. The molecule has 2 aromatic heterocycles. The van der Waals surface area contributed by atoms with Crippen LogP contribution in [0.4, 0.5) is 0 Å². The predicted molar refractivity (Wildman–Crippen MR) is 62.6 cm³/mol. The summed E-state index contributed by atoms with van der Waals surface area (Å²) in [6.45, 7) is 0. The number of nitrogens with zero attached hydrogens (tertiary/aromatic N) is 2. The highest BCUT2D eigenvalue weighted by Gasteiger charge is 2.08. The zero-order valence-corrected chi connectivity index (χ0v) is 8.83. The van der Waals surface area contributed by atoms with E-state index in [4.69, 9.17) is 4.42 Å². The molecule has 0 spiro atoms. The van der Waals surface area contributed by atoms with Gasteiger partial charge in [0.2, 0.25) is 5.89 Å². The maximum Gasteiger partial charge on any atom is 0.228 e. The van der Waals surface area contributed by atoms with Crippen molar-refractivity contribution in [3.05, 3.63) is 48.2 Å². The summed E-state index contributed by atoms with van der Waals surface area (Å²) in [6, 6.07) is 11.2. The van der Waals surface area contributed by atoms with E-state index in [1.54, 1.807) is 6.07 Å². The lowest BCUT2D eigenvalue weighted by molar-refractivity contribution is 0.112. The van der Waals surface area contributed by atoms with E-state index in [0.29, 0.717) is 22.7 Å². The van der Waals surface area contributed by atoms with Gasteiger partial charge in [0.05, 0.1) is 0 Å². The first-order valence-corrected chi connectivity index (χ1v) is 5.14. The molecule has 4 nitrogen and oxygen atoms in total. The van der Waals surface area contributed by atoms with E-state index in [1.807, 2.05) is 30.3 Å². The molecule has 0 unspecified atom stereocenters. The molecule has 3 rings (SSSR count). The lowest BCUT2D eigenvalue weighted by Gasteiger charge is -1.91. The number of pyridine rings is 1. The molecule has 0 aliphatic carbocycles. The predicted octanol–water partition coefficient (Wildman–Crippen LogP) is 2.70. The Kier molecular flexibility index (Phi) is 2.19. The van der Waals surface area contributed by atoms with Crippen LogP contribution < -0.4 is 0 Å². The fourth-order valence-corrected chi connectivity index (χ4v) is 1.60. The molecule has 0 saturated heterocycles. The van der Waals surface area contributed by atoms with Crippen LogP contribution in [0.15, 0.2) is 47.0 Å². The molecule has 0 saturated carbocycles. The number of hydrogen-bond donors (Lipinski definition) is 0. The maximum atomic E-state index is 10.6. The number of benzene rings is 1. The Labute approximate surface area is 96.9 Å². The zero-order valence-electron chi connectivity index (χ0n) is 8.83. The molecule has 0 fully saturated rings. The number of carbonyl (C=O) groups is 1. The molecule has 0 amide bonds. The first-order chi connectivity index (χ1) is 8.36. The first-order valence-electron chi connectivity index (χ1n) is 5.14. The SMILES string of the molecule is O=Cc1cnc2nc(-c3ccccc3)oc2c1.